The van der Waals surface area contributed by atoms with Crippen LogP contribution >= 0.6 is 0 Å². The highest BCUT2D eigenvalue weighted by molar-refractivity contribution is 6.21. The third kappa shape index (κ3) is 2.75. The van der Waals surface area contributed by atoms with E-state index in [1.165, 1.54) is 9.80 Å². The smallest absolute Gasteiger partial charge is 0.333 e. The second-order valence-corrected chi connectivity index (χ2v) is 6.58. The number of imide groups is 2. The minimum Gasteiger partial charge on any atom is -0.371 e. The number of nitrogens with zero attached hydrogens (tertiary/aromatic N) is 2. The summed E-state index contributed by atoms with van der Waals surface area (Å²) in [7, 11) is 0. The number of amides is 4. The van der Waals surface area contributed by atoms with Gasteiger partial charge in [0.05, 0.1) is 38.5 Å². The van der Waals surface area contributed by atoms with Crippen molar-refractivity contribution in [3.8, 4) is 0 Å². The van der Waals surface area contributed by atoms with E-state index in [2.05, 4.69) is 0 Å². The average Bonchev–Trinajstić information content (AvgIpc) is 3.45. The Morgan fingerprint density at radius 3 is 1.88 bits per heavy atom. The van der Waals surface area contributed by atoms with Crippen LogP contribution in [-0.2, 0) is 19.1 Å². The van der Waals surface area contributed by atoms with Crippen molar-refractivity contribution in [2.45, 2.75) is 45.8 Å². The predicted molar refractivity (Wildman–Crippen MR) is 85.1 cm³/mol. The highest BCUT2D eigenvalue weighted by Gasteiger charge is 2.58. The first-order valence-corrected chi connectivity index (χ1v) is 8.54. The Morgan fingerprint density at radius 1 is 1.08 bits per heavy atom. The number of rotatable bonds is 7. The summed E-state index contributed by atoms with van der Waals surface area (Å²) in [6.07, 6.45) is 2.71. The monoisotopic (exact) mass is 336 g/mol. The number of carbonyl (C=O) groups is 3. The standard InChI is InChI=1S/C17H24N2O5/c1-4-6-11(3)17(5-2)14(20)18(7-12-9-23-12)16(22)19(15(17)21)8-13-10-24-13/h6,12-13H,4-5,7-10H2,1-3H3/b11-6+. The minimum absolute atomic E-state index is 0.116. The molecule has 4 amide bonds. The zero-order chi connectivity index (χ0) is 17.5. The van der Waals surface area contributed by atoms with Gasteiger partial charge < -0.3 is 9.47 Å². The average molecular weight is 336 g/mol. The Morgan fingerprint density at radius 2 is 1.54 bits per heavy atom. The molecule has 3 aliphatic rings. The van der Waals surface area contributed by atoms with Crippen LogP contribution in [0, 0.1) is 5.41 Å². The number of urea groups is 1. The van der Waals surface area contributed by atoms with Crippen molar-refractivity contribution in [3.05, 3.63) is 11.6 Å². The molecule has 2 unspecified atom stereocenters. The first-order chi connectivity index (χ1) is 11.5. The summed E-state index contributed by atoms with van der Waals surface area (Å²) in [5.74, 6) is -0.851. The molecule has 0 aliphatic carbocycles. The van der Waals surface area contributed by atoms with Gasteiger partial charge in [-0.2, -0.15) is 0 Å². The molecule has 0 radical (unpaired) electrons. The molecule has 3 heterocycles. The minimum atomic E-state index is -1.30. The van der Waals surface area contributed by atoms with Gasteiger partial charge in [0.1, 0.15) is 5.41 Å². The molecule has 3 aliphatic heterocycles. The Bertz CT molecular complexity index is 556. The number of hydrogen-bond donors (Lipinski definition) is 0. The van der Waals surface area contributed by atoms with Crippen LogP contribution in [0.4, 0.5) is 4.79 Å². The molecule has 3 rings (SSSR count). The molecule has 24 heavy (non-hydrogen) atoms. The highest BCUT2D eigenvalue weighted by atomic mass is 16.6. The van der Waals surface area contributed by atoms with E-state index >= 15 is 0 Å². The number of hydrogen-bond acceptors (Lipinski definition) is 5. The van der Waals surface area contributed by atoms with Crippen LogP contribution in [0.15, 0.2) is 11.6 Å². The molecule has 0 aromatic carbocycles. The van der Waals surface area contributed by atoms with Gasteiger partial charge in [0.2, 0.25) is 0 Å². The van der Waals surface area contributed by atoms with Gasteiger partial charge in [0, 0.05) is 0 Å². The summed E-state index contributed by atoms with van der Waals surface area (Å²) < 4.78 is 10.4. The maximum atomic E-state index is 13.2. The second kappa shape index (κ2) is 6.29. The van der Waals surface area contributed by atoms with E-state index < -0.39 is 23.3 Å². The molecule has 7 nitrogen and oxygen atoms in total. The zero-order valence-electron chi connectivity index (χ0n) is 14.4. The quantitative estimate of drug-likeness (QED) is 0.398. The van der Waals surface area contributed by atoms with E-state index in [1.807, 2.05) is 19.9 Å². The molecule has 2 atom stereocenters. The number of allylic oxidation sites excluding steroid dienone is 1. The van der Waals surface area contributed by atoms with Crippen LogP contribution in [0.3, 0.4) is 0 Å². The van der Waals surface area contributed by atoms with E-state index in [1.54, 1.807) is 6.92 Å². The predicted octanol–water partition coefficient (Wildman–Crippen LogP) is 1.33. The molecule has 3 saturated heterocycles. The van der Waals surface area contributed by atoms with Crippen LogP contribution in [0.5, 0.6) is 0 Å². The molecule has 0 bridgehead atoms. The third-order valence-corrected chi connectivity index (χ3v) is 4.97. The van der Waals surface area contributed by atoms with Gasteiger partial charge in [-0.3, -0.25) is 19.4 Å². The molecule has 0 aromatic rings. The second-order valence-electron chi connectivity index (χ2n) is 6.58. The summed E-state index contributed by atoms with van der Waals surface area (Å²) in [6, 6.07) is -0.552. The van der Waals surface area contributed by atoms with Crippen molar-refractivity contribution < 1.29 is 23.9 Å². The summed E-state index contributed by atoms with van der Waals surface area (Å²) in [5.41, 5.74) is -0.591. The lowest BCUT2D eigenvalue weighted by molar-refractivity contribution is -0.156. The highest BCUT2D eigenvalue weighted by Crippen LogP contribution is 2.40. The molecule has 0 spiro atoms. The van der Waals surface area contributed by atoms with E-state index in [-0.39, 0.29) is 25.3 Å². The number of barbiturate groups is 1. The molecular formula is C17H24N2O5. The summed E-state index contributed by atoms with van der Waals surface area (Å²) in [4.78, 5) is 41.4. The van der Waals surface area contributed by atoms with Crippen LogP contribution in [0.25, 0.3) is 0 Å². The van der Waals surface area contributed by atoms with E-state index in [0.29, 0.717) is 25.2 Å². The van der Waals surface area contributed by atoms with Gasteiger partial charge >= 0.3 is 6.03 Å². The fourth-order valence-corrected chi connectivity index (χ4v) is 3.35. The first kappa shape index (κ1) is 17.1. The number of ether oxygens (including phenoxy) is 2. The van der Waals surface area contributed by atoms with E-state index in [0.717, 1.165) is 6.42 Å². The number of epoxide rings is 2. The summed E-state index contributed by atoms with van der Waals surface area (Å²) >= 11 is 0. The normalized spacial score (nSPS) is 33.3. The Hall–Kier alpha value is -1.73. The van der Waals surface area contributed by atoms with Gasteiger partial charge in [-0.25, -0.2) is 4.79 Å². The van der Waals surface area contributed by atoms with Crippen LogP contribution < -0.4 is 0 Å². The summed E-state index contributed by atoms with van der Waals surface area (Å²) in [5, 5.41) is 0. The maximum absolute atomic E-state index is 13.2. The third-order valence-electron chi connectivity index (χ3n) is 4.97. The molecule has 7 heteroatoms. The Labute approximate surface area is 141 Å². The van der Waals surface area contributed by atoms with Crippen molar-refractivity contribution in [1.82, 2.24) is 9.80 Å². The van der Waals surface area contributed by atoms with Crippen LogP contribution in [-0.4, -0.2) is 66.2 Å². The lowest BCUT2D eigenvalue weighted by Gasteiger charge is -2.44. The summed E-state index contributed by atoms with van der Waals surface area (Å²) in [6.45, 7) is 7.06. The van der Waals surface area contributed by atoms with Crippen LogP contribution in [0.2, 0.25) is 0 Å². The molecular weight excluding hydrogens is 312 g/mol. The SMILES string of the molecule is CC/C=C(\C)C1(CC)C(=O)N(CC2CO2)C(=O)N(CC2CO2)C1=O. The Kier molecular flexibility index (Phi) is 4.48. The van der Waals surface area contributed by atoms with Gasteiger partial charge in [0.15, 0.2) is 0 Å². The maximum Gasteiger partial charge on any atom is 0.333 e. The van der Waals surface area contributed by atoms with Crippen molar-refractivity contribution in [3.63, 3.8) is 0 Å². The van der Waals surface area contributed by atoms with Crippen molar-refractivity contribution in [2.24, 2.45) is 5.41 Å². The Balaban J connectivity index is 2.00. The van der Waals surface area contributed by atoms with Gasteiger partial charge in [0.25, 0.3) is 11.8 Å². The van der Waals surface area contributed by atoms with E-state index in [9.17, 15) is 14.4 Å². The molecule has 0 aromatic heterocycles. The van der Waals surface area contributed by atoms with Crippen molar-refractivity contribution in [2.75, 3.05) is 26.3 Å². The lowest BCUT2D eigenvalue weighted by atomic mass is 9.74. The zero-order valence-corrected chi connectivity index (χ0v) is 14.4. The van der Waals surface area contributed by atoms with Crippen molar-refractivity contribution >= 4 is 17.8 Å². The van der Waals surface area contributed by atoms with Gasteiger partial charge in [-0.15, -0.1) is 0 Å². The molecule has 0 saturated carbocycles. The molecule has 0 N–H and O–H groups in total. The topological polar surface area (TPSA) is 82.8 Å². The largest absolute Gasteiger partial charge is 0.371 e. The van der Waals surface area contributed by atoms with Gasteiger partial charge in [-0.1, -0.05) is 25.5 Å². The van der Waals surface area contributed by atoms with E-state index in [4.69, 9.17) is 9.47 Å². The van der Waals surface area contributed by atoms with Crippen LogP contribution in [0.1, 0.15) is 33.6 Å². The molecule has 3 fully saturated rings. The lowest BCUT2D eigenvalue weighted by Crippen LogP contribution is -2.66. The first-order valence-electron chi connectivity index (χ1n) is 8.54. The van der Waals surface area contributed by atoms with Gasteiger partial charge in [-0.05, 0) is 19.8 Å². The molecule has 132 valence electrons. The van der Waals surface area contributed by atoms with Crippen molar-refractivity contribution in [1.29, 1.82) is 0 Å². The fraction of sp³-hybridized carbons (Fsp3) is 0.706. The number of carbonyl (C=O) groups excluding carboxylic acids is 3. The fourth-order valence-electron chi connectivity index (χ4n) is 3.35.